The summed E-state index contributed by atoms with van der Waals surface area (Å²) in [5.74, 6) is 0.187. The van der Waals surface area contributed by atoms with E-state index >= 15 is 0 Å². The summed E-state index contributed by atoms with van der Waals surface area (Å²) in [4.78, 5) is 12.5. The molecule has 0 bridgehead atoms. The molecule has 2 unspecified atom stereocenters. The number of carbonyl (C=O) groups is 1. The lowest BCUT2D eigenvalue weighted by molar-refractivity contribution is -0.129. The first-order valence-electron chi connectivity index (χ1n) is 13.5. The smallest absolute Gasteiger partial charge is 0.220 e. The monoisotopic (exact) mass is 436 g/mol. The minimum absolute atomic E-state index is 0.0981. The van der Waals surface area contributed by atoms with Gasteiger partial charge in [0.15, 0.2) is 0 Å². The minimum atomic E-state index is -0.245. The van der Waals surface area contributed by atoms with Gasteiger partial charge in [-0.05, 0) is 44.9 Å². The molecular weight excluding hydrogens is 384 g/mol. The summed E-state index contributed by atoms with van der Waals surface area (Å²) in [5.41, 5.74) is -0.245. The molecule has 1 aliphatic rings. The summed E-state index contributed by atoms with van der Waals surface area (Å²) in [7, 11) is 0. The van der Waals surface area contributed by atoms with Crippen molar-refractivity contribution < 1.29 is 9.53 Å². The maximum absolute atomic E-state index is 12.5. The van der Waals surface area contributed by atoms with Gasteiger partial charge in [0.2, 0.25) is 5.91 Å². The Morgan fingerprint density at radius 3 is 2.10 bits per heavy atom. The fourth-order valence-electron chi connectivity index (χ4n) is 4.60. The van der Waals surface area contributed by atoms with Crippen molar-refractivity contribution in [2.24, 2.45) is 0 Å². The summed E-state index contributed by atoms with van der Waals surface area (Å²) in [6.07, 6.45) is 23.9. The molecule has 1 saturated heterocycles. The first kappa shape index (κ1) is 28.2. The average Bonchev–Trinajstić information content (AvgIpc) is 2.80. The highest BCUT2D eigenvalue weighted by Crippen LogP contribution is 2.24. The van der Waals surface area contributed by atoms with Gasteiger partial charge in [0.1, 0.15) is 5.60 Å². The number of carbonyl (C=O) groups excluding carboxylic acids is 1. The predicted octanol–water partition coefficient (Wildman–Crippen LogP) is 6.69. The van der Waals surface area contributed by atoms with Crippen molar-refractivity contribution in [1.29, 1.82) is 0 Å². The van der Waals surface area contributed by atoms with Crippen molar-refractivity contribution >= 4 is 5.91 Å². The van der Waals surface area contributed by atoms with E-state index in [1.54, 1.807) is 0 Å². The van der Waals surface area contributed by atoms with Crippen molar-refractivity contribution in [3.63, 3.8) is 0 Å². The normalized spacial score (nSPS) is 20.2. The Morgan fingerprint density at radius 2 is 1.55 bits per heavy atom. The zero-order chi connectivity index (χ0) is 22.6. The molecule has 0 aromatic carbocycles. The lowest BCUT2D eigenvalue weighted by Crippen LogP contribution is -2.61. The molecule has 1 amide bonds. The first-order valence-corrected chi connectivity index (χ1v) is 13.5. The molecule has 2 atom stereocenters. The SMILES string of the molecule is CCCCCCCC/C=C\CCCCCCCC(=O)NC(CC)C1(CC)CNCCO1. The lowest BCUT2D eigenvalue weighted by Gasteiger charge is -2.43. The van der Waals surface area contributed by atoms with Gasteiger partial charge in [-0.25, -0.2) is 0 Å². The highest BCUT2D eigenvalue weighted by atomic mass is 16.5. The molecule has 0 aliphatic carbocycles. The molecule has 0 spiro atoms. The van der Waals surface area contributed by atoms with E-state index in [-0.39, 0.29) is 17.6 Å². The lowest BCUT2D eigenvalue weighted by atomic mass is 9.87. The molecule has 1 heterocycles. The van der Waals surface area contributed by atoms with E-state index in [4.69, 9.17) is 4.74 Å². The number of nitrogens with one attached hydrogen (secondary N) is 2. The Balaban J connectivity index is 2.01. The van der Waals surface area contributed by atoms with E-state index in [0.29, 0.717) is 6.42 Å². The second-order valence-electron chi connectivity index (χ2n) is 9.31. The Morgan fingerprint density at radius 1 is 0.935 bits per heavy atom. The van der Waals surface area contributed by atoms with E-state index in [1.807, 2.05) is 0 Å². The van der Waals surface area contributed by atoms with E-state index in [2.05, 4.69) is 43.6 Å². The molecule has 0 aromatic rings. The second-order valence-corrected chi connectivity index (χ2v) is 9.31. The zero-order valence-electron chi connectivity index (χ0n) is 21.0. The fraction of sp³-hybridized carbons (Fsp3) is 0.889. The molecule has 182 valence electrons. The standard InChI is InChI=1S/C27H52N2O2/c1-4-7-8-9-10-11-12-13-14-15-16-17-18-19-20-21-26(30)29-25(5-2)27(6-3)24-28-22-23-31-27/h13-14,25,28H,4-12,15-24H2,1-3H3,(H,29,30)/b14-13-. The van der Waals surface area contributed by atoms with Gasteiger partial charge in [0.05, 0.1) is 12.6 Å². The maximum atomic E-state index is 12.5. The number of hydrogen-bond acceptors (Lipinski definition) is 3. The first-order chi connectivity index (χ1) is 15.2. The van der Waals surface area contributed by atoms with Crippen molar-refractivity contribution in [1.82, 2.24) is 10.6 Å². The molecule has 31 heavy (non-hydrogen) atoms. The molecule has 4 heteroatoms. The van der Waals surface area contributed by atoms with Gasteiger partial charge < -0.3 is 15.4 Å². The zero-order valence-corrected chi connectivity index (χ0v) is 21.0. The van der Waals surface area contributed by atoms with Crippen LogP contribution in [0.15, 0.2) is 12.2 Å². The third-order valence-electron chi connectivity index (χ3n) is 6.74. The second kappa shape index (κ2) is 18.7. The predicted molar refractivity (Wildman–Crippen MR) is 134 cm³/mol. The molecular formula is C27H52N2O2. The number of allylic oxidation sites excluding steroid dienone is 2. The average molecular weight is 437 g/mol. The van der Waals surface area contributed by atoms with Crippen LogP contribution in [0.25, 0.3) is 0 Å². The third-order valence-corrected chi connectivity index (χ3v) is 6.74. The molecule has 1 rings (SSSR count). The largest absolute Gasteiger partial charge is 0.370 e. The fourth-order valence-corrected chi connectivity index (χ4v) is 4.60. The summed E-state index contributed by atoms with van der Waals surface area (Å²) >= 11 is 0. The van der Waals surface area contributed by atoms with Gasteiger partial charge in [-0.15, -0.1) is 0 Å². The Kier molecular flexibility index (Phi) is 17.0. The quantitative estimate of drug-likeness (QED) is 0.175. The van der Waals surface area contributed by atoms with Crippen LogP contribution in [0, 0.1) is 0 Å². The highest BCUT2D eigenvalue weighted by Gasteiger charge is 2.39. The van der Waals surface area contributed by atoms with Gasteiger partial charge in [-0.2, -0.15) is 0 Å². The minimum Gasteiger partial charge on any atom is -0.370 e. The van der Waals surface area contributed by atoms with Crippen LogP contribution < -0.4 is 10.6 Å². The van der Waals surface area contributed by atoms with Crippen molar-refractivity contribution in [2.75, 3.05) is 19.7 Å². The molecule has 4 nitrogen and oxygen atoms in total. The molecule has 2 N–H and O–H groups in total. The number of unbranched alkanes of at least 4 members (excludes halogenated alkanes) is 11. The van der Waals surface area contributed by atoms with Crippen LogP contribution in [0.3, 0.4) is 0 Å². The van der Waals surface area contributed by atoms with E-state index in [9.17, 15) is 4.79 Å². The highest BCUT2D eigenvalue weighted by molar-refractivity contribution is 5.76. The van der Waals surface area contributed by atoms with Crippen LogP contribution >= 0.6 is 0 Å². The Labute approximate surface area is 193 Å². The van der Waals surface area contributed by atoms with Gasteiger partial charge >= 0.3 is 0 Å². The van der Waals surface area contributed by atoms with Gasteiger partial charge in [-0.3, -0.25) is 4.79 Å². The summed E-state index contributed by atoms with van der Waals surface area (Å²) in [6.45, 7) is 9.04. The van der Waals surface area contributed by atoms with Crippen LogP contribution in [0.5, 0.6) is 0 Å². The van der Waals surface area contributed by atoms with Gasteiger partial charge in [0, 0.05) is 19.5 Å². The van der Waals surface area contributed by atoms with Crippen molar-refractivity contribution in [3.05, 3.63) is 12.2 Å². The maximum Gasteiger partial charge on any atom is 0.220 e. The molecule has 1 fully saturated rings. The number of hydrogen-bond donors (Lipinski definition) is 2. The summed E-state index contributed by atoms with van der Waals surface area (Å²) < 4.78 is 6.12. The van der Waals surface area contributed by atoms with E-state index < -0.39 is 0 Å². The van der Waals surface area contributed by atoms with E-state index in [1.165, 1.54) is 70.6 Å². The van der Waals surface area contributed by atoms with Gasteiger partial charge in [0.25, 0.3) is 0 Å². The number of rotatable bonds is 19. The van der Waals surface area contributed by atoms with Crippen molar-refractivity contribution in [3.8, 4) is 0 Å². The number of ether oxygens (including phenoxy) is 1. The van der Waals surface area contributed by atoms with Crippen LogP contribution in [0.2, 0.25) is 0 Å². The molecule has 0 saturated carbocycles. The van der Waals surface area contributed by atoms with Crippen LogP contribution in [-0.2, 0) is 9.53 Å². The number of amides is 1. The van der Waals surface area contributed by atoms with Gasteiger partial charge in [-0.1, -0.05) is 84.3 Å². The topological polar surface area (TPSA) is 50.4 Å². The third kappa shape index (κ3) is 12.7. The Bertz CT molecular complexity index is 458. The van der Waals surface area contributed by atoms with Crippen LogP contribution in [0.1, 0.15) is 124 Å². The molecule has 1 aliphatic heterocycles. The van der Waals surface area contributed by atoms with Crippen LogP contribution in [0.4, 0.5) is 0 Å². The molecule has 0 radical (unpaired) electrons. The van der Waals surface area contributed by atoms with E-state index in [0.717, 1.165) is 45.4 Å². The molecule has 0 aromatic heterocycles. The summed E-state index contributed by atoms with van der Waals surface area (Å²) in [6, 6.07) is 0.0981. The van der Waals surface area contributed by atoms with Crippen molar-refractivity contribution in [2.45, 2.75) is 135 Å². The van der Waals surface area contributed by atoms with Crippen LogP contribution in [-0.4, -0.2) is 37.2 Å². The summed E-state index contributed by atoms with van der Waals surface area (Å²) in [5, 5.41) is 6.70. The number of morpholine rings is 1. The Hall–Kier alpha value is -0.870.